The third-order valence-corrected chi connectivity index (χ3v) is 6.10. The van der Waals surface area contributed by atoms with Crippen molar-refractivity contribution in [1.82, 2.24) is 4.31 Å². The molecule has 8 heteroatoms. The quantitative estimate of drug-likeness (QED) is 0.686. The van der Waals surface area contributed by atoms with Crippen LogP contribution >= 0.6 is 0 Å². The maximum absolute atomic E-state index is 12.5. The highest BCUT2D eigenvalue weighted by atomic mass is 32.2. The van der Waals surface area contributed by atoms with E-state index in [0.717, 1.165) is 0 Å². The fourth-order valence-electron chi connectivity index (χ4n) is 2.58. The van der Waals surface area contributed by atoms with E-state index in [-0.39, 0.29) is 17.3 Å². The number of nitrogens with zero attached hydrogens (tertiary/aromatic N) is 1. The lowest BCUT2D eigenvalue weighted by atomic mass is 10.3. The minimum Gasteiger partial charge on any atom is -0.495 e. The lowest BCUT2D eigenvalue weighted by Crippen LogP contribution is -2.30. The van der Waals surface area contributed by atoms with Gasteiger partial charge in [-0.3, -0.25) is 4.79 Å². The lowest BCUT2D eigenvalue weighted by molar-refractivity contribution is -0.114. The van der Waals surface area contributed by atoms with Gasteiger partial charge >= 0.3 is 0 Å². The van der Waals surface area contributed by atoms with E-state index in [9.17, 15) is 13.2 Å². The average Bonchev–Trinajstić information content (AvgIpc) is 2.68. The van der Waals surface area contributed by atoms with Crippen molar-refractivity contribution in [3.05, 3.63) is 48.5 Å². The Morgan fingerprint density at radius 2 is 1.67 bits per heavy atom. The largest absolute Gasteiger partial charge is 0.495 e. The van der Waals surface area contributed by atoms with Gasteiger partial charge in [-0.05, 0) is 36.4 Å². The highest BCUT2D eigenvalue weighted by molar-refractivity contribution is 7.89. The highest BCUT2D eigenvalue weighted by Gasteiger charge is 2.21. The first-order valence-electron chi connectivity index (χ1n) is 8.69. The lowest BCUT2D eigenvalue weighted by Gasteiger charge is -2.18. The van der Waals surface area contributed by atoms with Crippen molar-refractivity contribution in [3.8, 4) is 5.75 Å². The van der Waals surface area contributed by atoms with Gasteiger partial charge in [0.15, 0.2) is 0 Å². The predicted molar refractivity (Wildman–Crippen MR) is 107 cm³/mol. The van der Waals surface area contributed by atoms with Crippen molar-refractivity contribution >= 4 is 27.3 Å². The maximum atomic E-state index is 12.5. The number of sulfonamides is 1. The number of carbonyl (C=O) groups is 1. The van der Waals surface area contributed by atoms with Crippen LogP contribution in [0.15, 0.2) is 53.4 Å². The Labute approximate surface area is 160 Å². The fraction of sp³-hybridized carbons (Fsp3) is 0.316. The smallest absolute Gasteiger partial charge is 0.243 e. The predicted octanol–water partition coefficient (Wildman–Crippen LogP) is 2.78. The molecule has 2 rings (SSSR count). The molecule has 0 aromatic heterocycles. The van der Waals surface area contributed by atoms with Crippen LogP contribution in [-0.2, 0) is 14.8 Å². The Hall–Kier alpha value is -2.58. The summed E-state index contributed by atoms with van der Waals surface area (Å²) in [5.74, 6) is 0.344. The summed E-state index contributed by atoms with van der Waals surface area (Å²) < 4.78 is 31.5. The van der Waals surface area contributed by atoms with Gasteiger partial charge in [-0.2, -0.15) is 4.31 Å². The molecular weight excluding hydrogens is 366 g/mol. The van der Waals surface area contributed by atoms with E-state index in [0.29, 0.717) is 30.2 Å². The Bertz CT molecular complexity index is 863. The number of amides is 1. The minimum atomic E-state index is -3.49. The number of carbonyl (C=O) groups excluding carboxylic acids is 1. The van der Waals surface area contributed by atoms with E-state index in [2.05, 4.69) is 10.6 Å². The van der Waals surface area contributed by atoms with Crippen LogP contribution in [0.3, 0.4) is 0 Å². The minimum absolute atomic E-state index is 0.0419. The van der Waals surface area contributed by atoms with Gasteiger partial charge in [-0.25, -0.2) is 8.42 Å². The van der Waals surface area contributed by atoms with E-state index in [1.165, 1.54) is 23.5 Å². The van der Waals surface area contributed by atoms with E-state index >= 15 is 0 Å². The van der Waals surface area contributed by atoms with Gasteiger partial charge in [0.25, 0.3) is 0 Å². The zero-order valence-corrected chi connectivity index (χ0v) is 16.5. The number of para-hydroxylation sites is 2. The van der Waals surface area contributed by atoms with Gasteiger partial charge in [-0.15, -0.1) is 0 Å². The molecule has 0 unspecified atom stereocenters. The summed E-state index contributed by atoms with van der Waals surface area (Å²) in [5.41, 5.74) is 1.25. The van der Waals surface area contributed by atoms with Gasteiger partial charge < -0.3 is 15.4 Å². The second kappa shape index (κ2) is 9.38. The van der Waals surface area contributed by atoms with Crippen LogP contribution in [0.2, 0.25) is 0 Å². The molecule has 0 saturated carbocycles. The van der Waals surface area contributed by atoms with E-state index in [1.54, 1.807) is 44.2 Å². The molecular formula is C19H25N3O4S. The Morgan fingerprint density at radius 3 is 2.26 bits per heavy atom. The van der Waals surface area contributed by atoms with Crippen molar-refractivity contribution in [1.29, 1.82) is 0 Å². The van der Waals surface area contributed by atoms with Crippen molar-refractivity contribution in [2.24, 2.45) is 0 Å². The molecule has 27 heavy (non-hydrogen) atoms. The molecule has 0 spiro atoms. The normalized spacial score (nSPS) is 11.3. The van der Waals surface area contributed by atoms with Crippen molar-refractivity contribution < 1.29 is 17.9 Å². The summed E-state index contributed by atoms with van der Waals surface area (Å²) in [6.45, 7) is 4.48. The first kappa shape index (κ1) is 20.7. The molecule has 0 aliphatic carbocycles. The topological polar surface area (TPSA) is 87.7 Å². The first-order chi connectivity index (χ1) is 12.9. The van der Waals surface area contributed by atoms with Crippen LogP contribution in [0.1, 0.15) is 13.8 Å². The molecule has 0 bridgehead atoms. The van der Waals surface area contributed by atoms with Crippen LogP contribution < -0.4 is 15.4 Å². The molecule has 2 aromatic carbocycles. The van der Waals surface area contributed by atoms with Crippen molar-refractivity contribution in [2.45, 2.75) is 18.7 Å². The van der Waals surface area contributed by atoms with Crippen LogP contribution in [0.4, 0.5) is 11.4 Å². The monoisotopic (exact) mass is 391 g/mol. The van der Waals surface area contributed by atoms with Crippen LogP contribution in [0.5, 0.6) is 5.75 Å². The Balaban J connectivity index is 1.98. The number of hydrogen-bond donors (Lipinski definition) is 2. The summed E-state index contributed by atoms with van der Waals surface area (Å²) in [7, 11) is -1.95. The summed E-state index contributed by atoms with van der Waals surface area (Å²) in [6.07, 6.45) is 0. The van der Waals surface area contributed by atoms with E-state index in [4.69, 9.17) is 4.74 Å². The van der Waals surface area contributed by atoms with Crippen LogP contribution in [0.25, 0.3) is 0 Å². The van der Waals surface area contributed by atoms with Crippen LogP contribution in [0, 0.1) is 0 Å². The molecule has 0 radical (unpaired) electrons. The second-order valence-corrected chi connectivity index (χ2v) is 7.65. The number of methoxy groups -OCH3 is 1. The van der Waals surface area contributed by atoms with Gasteiger partial charge in [0.05, 0.1) is 24.2 Å². The molecule has 146 valence electrons. The number of nitrogens with one attached hydrogen (secondary N) is 2. The van der Waals surface area contributed by atoms with E-state index < -0.39 is 10.0 Å². The third-order valence-electron chi connectivity index (χ3n) is 4.03. The highest BCUT2D eigenvalue weighted by Crippen LogP contribution is 2.23. The maximum Gasteiger partial charge on any atom is 0.243 e. The fourth-order valence-corrected chi connectivity index (χ4v) is 4.04. The van der Waals surface area contributed by atoms with Gasteiger partial charge in [-0.1, -0.05) is 26.0 Å². The SMILES string of the molecule is CCN(CC)S(=O)(=O)c1ccc(NCC(=O)Nc2ccccc2OC)cc1. The number of rotatable bonds is 9. The molecule has 0 fully saturated rings. The molecule has 2 N–H and O–H groups in total. The summed E-state index contributed by atoms with van der Waals surface area (Å²) in [5, 5.41) is 5.75. The molecule has 0 aliphatic heterocycles. The molecule has 0 heterocycles. The Kier molecular flexibility index (Phi) is 7.20. The number of benzene rings is 2. The van der Waals surface area contributed by atoms with Gasteiger partial charge in [0, 0.05) is 18.8 Å². The number of anilines is 2. The van der Waals surface area contributed by atoms with Crippen molar-refractivity contribution in [3.63, 3.8) is 0 Å². The van der Waals surface area contributed by atoms with Crippen molar-refractivity contribution in [2.75, 3.05) is 37.4 Å². The standard InChI is InChI=1S/C19H25N3O4S/c1-4-22(5-2)27(24,25)16-12-10-15(11-13-16)20-14-19(23)21-17-8-6-7-9-18(17)26-3/h6-13,20H,4-5,14H2,1-3H3,(H,21,23). The molecule has 0 saturated heterocycles. The molecule has 0 aliphatic rings. The average molecular weight is 391 g/mol. The molecule has 1 amide bonds. The summed E-state index contributed by atoms with van der Waals surface area (Å²) >= 11 is 0. The molecule has 2 aromatic rings. The van der Waals surface area contributed by atoms with Crippen LogP contribution in [-0.4, -0.2) is 45.4 Å². The van der Waals surface area contributed by atoms with Gasteiger partial charge in [0.2, 0.25) is 15.9 Å². The summed E-state index contributed by atoms with van der Waals surface area (Å²) in [6, 6.07) is 13.5. The molecule has 0 atom stereocenters. The second-order valence-electron chi connectivity index (χ2n) is 5.72. The number of hydrogen-bond acceptors (Lipinski definition) is 5. The zero-order valence-electron chi connectivity index (χ0n) is 15.7. The third kappa shape index (κ3) is 5.21. The number of ether oxygens (including phenoxy) is 1. The zero-order chi connectivity index (χ0) is 19.9. The molecule has 7 nitrogen and oxygen atoms in total. The van der Waals surface area contributed by atoms with Gasteiger partial charge in [0.1, 0.15) is 5.75 Å². The summed E-state index contributed by atoms with van der Waals surface area (Å²) in [4.78, 5) is 12.3. The Morgan fingerprint density at radius 1 is 1.04 bits per heavy atom. The first-order valence-corrected chi connectivity index (χ1v) is 10.1. The van der Waals surface area contributed by atoms with E-state index in [1.807, 2.05) is 6.07 Å².